The van der Waals surface area contributed by atoms with Crippen LogP contribution in [0, 0.1) is 0 Å². The van der Waals surface area contributed by atoms with Crippen molar-refractivity contribution in [3.63, 3.8) is 0 Å². The predicted molar refractivity (Wildman–Crippen MR) is 78.9 cm³/mol. The fraction of sp³-hybridized carbons (Fsp3) is 0.533. The van der Waals surface area contributed by atoms with Crippen LogP contribution in [0.15, 0.2) is 24.3 Å². The van der Waals surface area contributed by atoms with Gasteiger partial charge < -0.3 is 15.4 Å². The summed E-state index contributed by atoms with van der Waals surface area (Å²) in [4.78, 5) is 14.2. The summed E-state index contributed by atoms with van der Waals surface area (Å²) in [5, 5.41) is 6.32. The highest BCUT2D eigenvalue weighted by Gasteiger charge is 2.15. The summed E-state index contributed by atoms with van der Waals surface area (Å²) in [5.74, 6) is 0.882. The minimum absolute atomic E-state index is 0.0134. The molecule has 0 aromatic heterocycles. The van der Waals surface area contributed by atoms with E-state index in [9.17, 15) is 4.79 Å². The Labute approximate surface area is 120 Å². The van der Waals surface area contributed by atoms with E-state index in [-0.39, 0.29) is 11.9 Å². The van der Waals surface area contributed by atoms with E-state index >= 15 is 0 Å². The zero-order valence-electron chi connectivity index (χ0n) is 12.2. The van der Waals surface area contributed by atoms with Gasteiger partial charge in [0.1, 0.15) is 5.75 Å². The van der Waals surface area contributed by atoms with Crippen molar-refractivity contribution in [3.8, 4) is 5.75 Å². The number of hydrogen-bond acceptors (Lipinski definition) is 4. The molecule has 0 spiro atoms. The number of methoxy groups -OCH3 is 1. The predicted octanol–water partition coefficient (Wildman–Crippen LogP) is 0.778. The molecule has 1 amide bonds. The lowest BCUT2D eigenvalue weighted by molar-refractivity contribution is -0.123. The molecular weight excluding hydrogens is 254 g/mol. The summed E-state index contributed by atoms with van der Waals surface area (Å²) in [6, 6.07) is 7.78. The third kappa shape index (κ3) is 4.21. The topological polar surface area (TPSA) is 53.6 Å². The highest BCUT2D eigenvalue weighted by Crippen LogP contribution is 2.18. The van der Waals surface area contributed by atoms with Gasteiger partial charge in [-0.15, -0.1) is 0 Å². The molecule has 0 radical (unpaired) electrons. The summed E-state index contributed by atoms with van der Waals surface area (Å²) in [6.07, 6.45) is 0. The number of nitrogens with one attached hydrogen (secondary N) is 2. The van der Waals surface area contributed by atoms with Gasteiger partial charge in [-0.2, -0.15) is 0 Å². The first-order chi connectivity index (χ1) is 9.69. The molecule has 1 saturated heterocycles. The molecule has 1 aliphatic rings. The van der Waals surface area contributed by atoms with E-state index in [2.05, 4.69) is 15.5 Å². The van der Waals surface area contributed by atoms with Crippen LogP contribution in [-0.4, -0.2) is 50.6 Å². The second kappa shape index (κ2) is 7.26. The lowest BCUT2D eigenvalue weighted by Crippen LogP contribution is -2.47. The van der Waals surface area contributed by atoms with Crippen LogP contribution in [0.5, 0.6) is 5.75 Å². The number of hydrogen-bond donors (Lipinski definition) is 2. The van der Waals surface area contributed by atoms with Crippen LogP contribution in [0.1, 0.15) is 18.5 Å². The maximum absolute atomic E-state index is 12.0. The van der Waals surface area contributed by atoms with E-state index in [0.29, 0.717) is 6.54 Å². The molecule has 110 valence electrons. The summed E-state index contributed by atoms with van der Waals surface area (Å²) >= 11 is 0. The first-order valence-corrected chi connectivity index (χ1v) is 7.05. The maximum Gasteiger partial charge on any atom is 0.234 e. The molecule has 1 aromatic rings. The number of amides is 1. The molecule has 0 bridgehead atoms. The first kappa shape index (κ1) is 14.8. The van der Waals surface area contributed by atoms with E-state index in [0.717, 1.165) is 37.5 Å². The van der Waals surface area contributed by atoms with Gasteiger partial charge in [-0.1, -0.05) is 12.1 Å². The van der Waals surface area contributed by atoms with Gasteiger partial charge in [0.2, 0.25) is 5.91 Å². The summed E-state index contributed by atoms with van der Waals surface area (Å²) in [5.41, 5.74) is 1.05. The molecule has 1 atom stereocenters. The molecular formula is C15H23N3O2. The highest BCUT2D eigenvalue weighted by atomic mass is 16.5. The zero-order chi connectivity index (χ0) is 14.4. The van der Waals surface area contributed by atoms with Crippen molar-refractivity contribution in [3.05, 3.63) is 29.8 Å². The van der Waals surface area contributed by atoms with Crippen molar-refractivity contribution in [2.45, 2.75) is 13.0 Å². The normalized spacial score (nSPS) is 17.5. The zero-order valence-corrected chi connectivity index (χ0v) is 12.2. The number of ether oxygens (including phenoxy) is 1. The smallest absolute Gasteiger partial charge is 0.234 e. The van der Waals surface area contributed by atoms with E-state index in [1.54, 1.807) is 7.11 Å². The quantitative estimate of drug-likeness (QED) is 0.835. The lowest BCUT2D eigenvalue weighted by atomic mass is 10.1. The molecule has 0 aliphatic carbocycles. The Bertz CT molecular complexity index is 444. The summed E-state index contributed by atoms with van der Waals surface area (Å²) < 4.78 is 5.20. The number of piperazine rings is 1. The molecule has 0 saturated carbocycles. The number of rotatable bonds is 5. The molecule has 5 heteroatoms. The van der Waals surface area contributed by atoms with Crippen molar-refractivity contribution in [2.24, 2.45) is 0 Å². The van der Waals surface area contributed by atoms with Crippen molar-refractivity contribution in [2.75, 3.05) is 39.8 Å². The van der Waals surface area contributed by atoms with Gasteiger partial charge in [-0.05, 0) is 24.6 Å². The van der Waals surface area contributed by atoms with Crippen LogP contribution in [0.2, 0.25) is 0 Å². The van der Waals surface area contributed by atoms with Crippen LogP contribution in [-0.2, 0) is 4.79 Å². The van der Waals surface area contributed by atoms with Crippen molar-refractivity contribution in [1.29, 1.82) is 0 Å². The molecule has 1 aromatic carbocycles. The van der Waals surface area contributed by atoms with Crippen LogP contribution < -0.4 is 15.4 Å². The molecule has 2 N–H and O–H groups in total. The van der Waals surface area contributed by atoms with Gasteiger partial charge in [0.05, 0.1) is 19.7 Å². The Morgan fingerprint density at radius 2 is 2.20 bits per heavy atom. The fourth-order valence-electron chi connectivity index (χ4n) is 2.35. The third-order valence-electron chi connectivity index (χ3n) is 3.55. The van der Waals surface area contributed by atoms with Crippen LogP contribution >= 0.6 is 0 Å². The Morgan fingerprint density at radius 3 is 2.90 bits per heavy atom. The van der Waals surface area contributed by atoms with Crippen molar-refractivity contribution >= 4 is 5.91 Å². The van der Waals surface area contributed by atoms with Gasteiger partial charge >= 0.3 is 0 Å². The highest BCUT2D eigenvalue weighted by molar-refractivity contribution is 5.78. The van der Waals surface area contributed by atoms with E-state index in [1.165, 1.54) is 0 Å². The summed E-state index contributed by atoms with van der Waals surface area (Å²) in [6.45, 7) is 6.24. The average molecular weight is 277 g/mol. The van der Waals surface area contributed by atoms with Gasteiger partial charge in [-0.25, -0.2) is 0 Å². The number of benzene rings is 1. The van der Waals surface area contributed by atoms with Crippen molar-refractivity contribution in [1.82, 2.24) is 15.5 Å². The number of nitrogens with zero attached hydrogens (tertiary/aromatic N) is 1. The Morgan fingerprint density at radius 1 is 1.45 bits per heavy atom. The average Bonchev–Trinajstić information content (AvgIpc) is 2.48. The van der Waals surface area contributed by atoms with Crippen LogP contribution in [0.25, 0.3) is 0 Å². The molecule has 2 rings (SSSR count). The van der Waals surface area contributed by atoms with Gasteiger partial charge in [0, 0.05) is 26.2 Å². The third-order valence-corrected chi connectivity index (χ3v) is 3.55. The van der Waals surface area contributed by atoms with Crippen LogP contribution in [0.4, 0.5) is 0 Å². The second-order valence-electron chi connectivity index (χ2n) is 5.09. The largest absolute Gasteiger partial charge is 0.497 e. The first-order valence-electron chi connectivity index (χ1n) is 7.05. The minimum atomic E-state index is -0.0134. The molecule has 5 nitrogen and oxygen atoms in total. The standard InChI is InChI=1S/C15H23N3O2/c1-12(13-4-3-5-14(10-13)20-2)17-15(19)11-18-8-6-16-7-9-18/h3-5,10,12,16H,6-9,11H2,1-2H3,(H,17,19). The Hall–Kier alpha value is -1.59. The van der Waals surface area contributed by atoms with E-state index < -0.39 is 0 Å². The molecule has 1 fully saturated rings. The fourth-order valence-corrected chi connectivity index (χ4v) is 2.35. The summed E-state index contributed by atoms with van der Waals surface area (Å²) in [7, 11) is 1.65. The van der Waals surface area contributed by atoms with E-state index in [1.807, 2.05) is 31.2 Å². The van der Waals surface area contributed by atoms with Gasteiger partial charge in [-0.3, -0.25) is 9.69 Å². The van der Waals surface area contributed by atoms with Gasteiger partial charge in [0.15, 0.2) is 0 Å². The Kier molecular flexibility index (Phi) is 5.38. The Balaban J connectivity index is 1.86. The molecule has 1 heterocycles. The number of carbonyl (C=O) groups excluding carboxylic acids is 1. The molecule has 1 unspecified atom stereocenters. The molecule has 1 aliphatic heterocycles. The minimum Gasteiger partial charge on any atom is -0.497 e. The second-order valence-corrected chi connectivity index (χ2v) is 5.09. The maximum atomic E-state index is 12.0. The van der Waals surface area contributed by atoms with Gasteiger partial charge in [0.25, 0.3) is 0 Å². The van der Waals surface area contributed by atoms with Crippen molar-refractivity contribution < 1.29 is 9.53 Å². The SMILES string of the molecule is COc1cccc(C(C)NC(=O)CN2CCNCC2)c1. The molecule has 20 heavy (non-hydrogen) atoms. The monoisotopic (exact) mass is 277 g/mol. The number of carbonyl (C=O) groups is 1. The van der Waals surface area contributed by atoms with Crippen LogP contribution in [0.3, 0.4) is 0 Å². The lowest BCUT2D eigenvalue weighted by Gasteiger charge is -2.27. The van der Waals surface area contributed by atoms with E-state index in [4.69, 9.17) is 4.74 Å².